The molecule has 1 aromatic carbocycles. The average Bonchev–Trinajstić information content (AvgIpc) is 2.25. The summed E-state index contributed by atoms with van der Waals surface area (Å²) in [6.45, 7) is 7.10. The van der Waals surface area contributed by atoms with Gasteiger partial charge in [0.25, 0.3) is 0 Å². The molecule has 0 aliphatic heterocycles. The molecule has 0 saturated carbocycles. The van der Waals surface area contributed by atoms with Crippen molar-refractivity contribution in [3.05, 3.63) is 42.0 Å². The predicted molar refractivity (Wildman–Crippen MR) is 75.0 cm³/mol. The van der Waals surface area contributed by atoms with Gasteiger partial charge in [-0.25, -0.2) is 0 Å². The van der Waals surface area contributed by atoms with E-state index in [1.807, 2.05) is 31.0 Å². The lowest BCUT2D eigenvalue weighted by Gasteiger charge is -2.21. The van der Waals surface area contributed by atoms with Crippen LogP contribution < -0.4 is 5.32 Å². The normalized spacial score (nSPS) is 9.76. The standard InChI is InChI=1S/C13H18N2OS/c1-10(2)8-14-13(17)15(3)9-11-5-4-6-12(16)7-11/h4-7,16H,1,8-9H2,2-3H3,(H,14,17). The summed E-state index contributed by atoms with van der Waals surface area (Å²) >= 11 is 5.24. The Morgan fingerprint density at radius 3 is 2.82 bits per heavy atom. The van der Waals surface area contributed by atoms with Crippen LogP contribution >= 0.6 is 12.2 Å². The highest BCUT2D eigenvalue weighted by Gasteiger charge is 2.04. The van der Waals surface area contributed by atoms with Crippen molar-refractivity contribution in [3.63, 3.8) is 0 Å². The van der Waals surface area contributed by atoms with Crippen LogP contribution in [0.25, 0.3) is 0 Å². The highest BCUT2D eigenvalue weighted by atomic mass is 32.1. The monoisotopic (exact) mass is 250 g/mol. The Morgan fingerprint density at radius 2 is 2.24 bits per heavy atom. The number of nitrogens with zero attached hydrogens (tertiary/aromatic N) is 1. The van der Waals surface area contributed by atoms with Gasteiger partial charge in [-0.3, -0.25) is 0 Å². The van der Waals surface area contributed by atoms with Crippen molar-refractivity contribution < 1.29 is 5.11 Å². The van der Waals surface area contributed by atoms with E-state index in [4.69, 9.17) is 12.2 Å². The number of phenols is 1. The van der Waals surface area contributed by atoms with Gasteiger partial charge in [0.2, 0.25) is 0 Å². The van der Waals surface area contributed by atoms with Gasteiger partial charge in [0.1, 0.15) is 5.75 Å². The fourth-order valence-electron chi connectivity index (χ4n) is 1.36. The summed E-state index contributed by atoms with van der Waals surface area (Å²) < 4.78 is 0. The maximum absolute atomic E-state index is 9.36. The van der Waals surface area contributed by atoms with Crippen molar-refractivity contribution >= 4 is 17.3 Å². The quantitative estimate of drug-likeness (QED) is 0.635. The number of hydrogen-bond acceptors (Lipinski definition) is 2. The van der Waals surface area contributed by atoms with E-state index in [9.17, 15) is 5.11 Å². The number of thiocarbonyl (C=S) groups is 1. The summed E-state index contributed by atoms with van der Waals surface area (Å²) in [6, 6.07) is 7.17. The van der Waals surface area contributed by atoms with E-state index in [1.165, 1.54) is 0 Å². The highest BCUT2D eigenvalue weighted by Crippen LogP contribution is 2.12. The van der Waals surface area contributed by atoms with Crippen molar-refractivity contribution in [1.82, 2.24) is 10.2 Å². The van der Waals surface area contributed by atoms with Crippen LogP contribution in [0.1, 0.15) is 12.5 Å². The van der Waals surface area contributed by atoms with E-state index in [0.29, 0.717) is 18.2 Å². The first-order chi connectivity index (χ1) is 7.99. The molecular formula is C13H18N2OS. The second kappa shape index (κ2) is 6.25. The average molecular weight is 250 g/mol. The Morgan fingerprint density at radius 1 is 1.53 bits per heavy atom. The van der Waals surface area contributed by atoms with Crippen molar-refractivity contribution in [2.75, 3.05) is 13.6 Å². The van der Waals surface area contributed by atoms with Crippen LogP contribution in [0.3, 0.4) is 0 Å². The second-order valence-electron chi connectivity index (χ2n) is 4.14. The van der Waals surface area contributed by atoms with E-state index in [2.05, 4.69) is 11.9 Å². The summed E-state index contributed by atoms with van der Waals surface area (Å²) in [5.41, 5.74) is 2.06. The van der Waals surface area contributed by atoms with E-state index < -0.39 is 0 Å². The van der Waals surface area contributed by atoms with E-state index in [1.54, 1.807) is 12.1 Å². The molecule has 17 heavy (non-hydrogen) atoms. The van der Waals surface area contributed by atoms with Crippen LogP contribution in [-0.4, -0.2) is 28.7 Å². The van der Waals surface area contributed by atoms with Gasteiger partial charge in [0.15, 0.2) is 5.11 Å². The molecule has 0 amide bonds. The lowest BCUT2D eigenvalue weighted by atomic mass is 10.2. The van der Waals surface area contributed by atoms with Gasteiger partial charge in [-0.05, 0) is 36.8 Å². The van der Waals surface area contributed by atoms with Crippen molar-refractivity contribution in [2.45, 2.75) is 13.5 Å². The van der Waals surface area contributed by atoms with E-state index in [0.717, 1.165) is 11.1 Å². The Kier molecular flexibility index (Phi) is 4.97. The molecule has 0 fully saturated rings. The van der Waals surface area contributed by atoms with Crippen LogP contribution in [0, 0.1) is 0 Å². The minimum absolute atomic E-state index is 0.275. The molecule has 0 spiro atoms. The van der Waals surface area contributed by atoms with Crippen LogP contribution in [0.4, 0.5) is 0 Å². The molecule has 0 aliphatic carbocycles. The minimum atomic E-state index is 0.275. The number of rotatable bonds is 4. The third-order valence-electron chi connectivity index (χ3n) is 2.22. The Hall–Kier alpha value is -1.55. The first-order valence-corrected chi connectivity index (χ1v) is 5.81. The van der Waals surface area contributed by atoms with Gasteiger partial charge in [-0.15, -0.1) is 0 Å². The largest absolute Gasteiger partial charge is 0.508 e. The molecule has 0 saturated heterocycles. The third kappa shape index (κ3) is 4.87. The first-order valence-electron chi connectivity index (χ1n) is 5.40. The van der Waals surface area contributed by atoms with Gasteiger partial charge in [-0.1, -0.05) is 24.3 Å². The lowest BCUT2D eigenvalue weighted by Crippen LogP contribution is -2.37. The summed E-state index contributed by atoms with van der Waals surface area (Å²) in [5.74, 6) is 0.275. The maximum Gasteiger partial charge on any atom is 0.169 e. The zero-order valence-electron chi connectivity index (χ0n) is 10.2. The molecule has 0 aromatic heterocycles. The van der Waals surface area contributed by atoms with Crippen molar-refractivity contribution in [2.24, 2.45) is 0 Å². The molecular weight excluding hydrogens is 232 g/mol. The summed E-state index contributed by atoms with van der Waals surface area (Å²) in [4.78, 5) is 1.92. The van der Waals surface area contributed by atoms with Crippen molar-refractivity contribution in [1.29, 1.82) is 0 Å². The smallest absolute Gasteiger partial charge is 0.169 e. The molecule has 1 rings (SSSR count). The first kappa shape index (κ1) is 13.5. The molecule has 4 heteroatoms. The molecule has 3 nitrogen and oxygen atoms in total. The Labute approximate surface area is 108 Å². The fraction of sp³-hybridized carbons (Fsp3) is 0.308. The molecule has 92 valence electrons. The number of hydrogen-bond donors (Lipinski definition) is 2. The lowest BCUT2D eigenvalue weighted by molar-refractivity contribution is 0.466. The number of nitrogens with one attached hydrogen (secondary N) is 1. The maximum atomic E-state index is 9.36. The Balaban J connectivity index is 2.51. The summed E-state index contributed by atoms with van der Waals surface area (Å²) in [5, 5.41) is 13.2. The predicted octanol–water partition coefficient (Wildman–Crippen LogP) is 2.27. The molecule has 0 aliphatic rings. The zero-order chi connectivity index (χ0) is 12.8. The summed E-state index contributed by atoms with van der Waals surface area (Å²) in [7, 11) is 1.91. The van der Waals surface area contributed by atoms with Gasteiger partial charge >= 0.3 is 0 Å². The van der Waals surface area contributed by atoms with Crippen LogP contribution in [0.2, 0.25) is 0 Å². The van der Waals surface area contributed by atoms with Crippen LogP contribution in [0.15, 0.2) is 36.4 Å². The number of benzene rings is 1. The SMILES string of the molecule is C=C(C)CNC(=S)N(C)Cc1cccc(O)c1. The second-order valence-corrected chi connectivity index (χ2v) is 4.53. The van der Waals surface area contributed by atoms with E-state index in [-0.39, 0.29) is 5.75 Å². The van der Waals surface area contributed by atoms with Gasteiger partial charge < -0.3 is 15.3 Å². The molecule has 1 aromatic rings. The summed E-state index contributed by atoms with van der Waals surface area (Å²) in [6.07, 6.45) is 0. The van der Waals surface area contributed by atoms with Crippen molar-refractivity contribution in [3.8, 4) is 5.75 Å². The Bertz CT molecular complexity index is 418. The van der Waals surface area contributed by atoms with E-state index >= 15 is 0 Å². The minimum Gasteiger partial charge on any atom is -0.508 e. The number of aromatic hydroxyl groups is 1. The fourth-order valence-corrected chi connectivity index (χ4v) is 1.50. The molecule has 0 heterocycles. The topological polar surface area (TPSA) is 35.5 Å². The van der Waals surface area contributed by atoms with Crippen LogP contribution in [0.5, 0.6) is 5.75 Å². The molecule has 0 atom stereocenters. The number of phenolic OH excluding ortho intramolecular Hbond substituents is 1. The third-order valence-corrected chi connectivity index (χ3v) is 2.67. The molecule has 0 unspecified atom stereocenters. The van der Waals surface area contributed by atoms with Crippen LogP contribution in [-0.2, 0) is 6.54 Å². The zero-order valence-corrected chi connectivity index (χ0v) is 11.0. The highest BCUT2D eigenvalue weighted by molar-refractivity contribution is 7.80. The van der Waals surface area contributed by atoms with Gasteiger partial charge in [0, 0.05) is 20.1 Å². The molecule has 0 bridgehead atoms. The molecule has 0 radical (unpaired) electrons. The molecule has 2 N–H and O–H groups in total. The van der Waals surface area contributed by atoms with Gasteiger partial charge in [-0.2, -0.15) is 0 Å². The van der Waals surface area contributed by atoms with Gasteiger partial charge in [0.05, 0.1) is 0 Å².